The second-order valence-electron chi connectivity index (χ2n) is 4.09. The van der Waals surface area contributed by atoms with Gasteiger partial charge in [0.05, 0.1) is 0 Å². The molecule has 0 bridgehead atoms. The Kier molecular flexibility index (Phi) is 5.57. The molecule has 0 saturated carbocycles. The van der Waals surface area contributed by atoms with Crippen LogP contribution < -0.4 is 5.32 Å². The van der Waals surface area contributed by atoms with Crippen molar-refractivity contribution >= 4 is 11.6 Å². The van der Waals surface area contributed by atoms with E-state index < -0.39 is 4.92 Å². The van der Waals surface area contributed by atoms with Crippen LogP contribution in [-0.4, -0.2) is 45.6 Å². The summed E-state index contributed by atoms with van der Waals surface area (Å²) in [6.45, 7) is 8.01. The largest absolute Gasteiger partial charge is 0.406 e. The monoisotopic (exact) mass is 255 g/mol. The predicted octanol–water partition coefficient (Wildman–Crippen LogP) is 1.47. The number of rotatable bonds is 8. The molecule has 18 heavy (non-hydrogen) atoms. The Morgan fingerprint density at radius 3 is 2.72 bits per heavy atom. The summed E-state index contributed by atoms with van der Waals surface area (Å²) in [7, 11) is 1.74. The Labute approximate surface area is 107 Å². The van der Waals surface area contributed by atoms with Crippen LogP contribution in [0.4, 0.5) is 11.6 Å². The van der Waals surface area contributed by atoms with Crippen molar-refractivity contribution in [3.63, 3.8) is 0 Å². The maximum Gasteiger partial charge on any atom is 0.406 e. The lowest BCUT2D eigenvalue weighted by Gasteiger charge is -2.17. The van der Waals surface area contributed by atoms with Crippen LogP contribution in [0.25, 0.3) is 0 Å². The number of aromatic nitrogens is 2. The first kappa shape index (κ1) is 14.4. The highest BCUT2D eigenvalue weighted by Crippen LogP contribution is 2.20. The van der Waals surface area contributed by atoms with Crippen LogP contribution in [0.3, 0.4) is 0 Å². The minimum absolute atomic E-state index is 0.111. The van der Waals surface area contributed by atoms with Crippen molar-refractivity contribution in [1.82, 2.24) is 14.5 Å². The van der Waals surface area contributed by atoms with Crippen molar-refractivity contribution in [2.24, 2.45) is 7.05 Å². The zero-order valence-corrected chi connectivity index (χ0v) is 11.2. The van der Waals surface area contributed by atoms with Gasteiger partial charge in [0.2, 0.25) is 12.1 Å². The summed E-state index contributed by atoms with van der Waals surface area (Å²) in [5.41, 5.74) is 0. The molecular formula is C11H21N5O2. The first-order valence-electron chi connectivity index (χ1n) is 6.22. The smallest absolute Gasteiger partial charge is 0.364 e. The van der Waals surface area contributed by atoms with Crippen LogP contribution in [-0.2, 0) is 7.05 Å². The maximum atomic E-state index is 10.8. The highest BCUT2D eigenvalue weighted by Gasteiger charge is 2.19. The number of anilines is 1. The van der Waals surface area contributed by atoms with E-state index in [4.69, 9.17) is 0 Å². The average molecular weight is 255 g/mol. The Balaban J connectivity index is 2.44. The van der Waals surface area contributed by atoms with Gasteiger partial charge in [0.25, 0.3) is 0 Å². The van der Waals surface area contributed by atoms with Crippen molar-refractivity contribution in [3.8, 4) is 0 Å². The molecule has 7 heteroatoms. The fraction of sp³-hybridized carbons (Fsp3) is 0.727. The molecule has 0 atom stereocenters. The van der Waals surface area contributed by atoms with E-state index >= 15 is 0 Å². The summed E-state index contributed by atoms with van der Waals surface area (Å²) in [5, 5.41) is 13.8. The third kappa shape index (κ3) is 3.69. The van der Waals surface area contributed by atoms with Gasteiger partial charge >= 0.3 is 5.82 Å². The quantitative estimate of drug-likeness (QED) is 0.432. The molecule has 1 N–H and O–H groups in total. The number of nitrogens with zero attached hydrogens (tertiary/aromatic N) is 4. The normalized spacial score (nSPS) is 10.9. The van der Waals surface area contributed by atoms with E-state index in [1.807, 2.05) is 0 Å². The fourth-order valence-electron chi connectivity index (χ4n) is 1.80. The lowest BCUT2D eigenvalue weighted by atomic mass is 10.3. The van der Waals surface area contributed by atoms with Gasteiger partial charge in [-0.2, -0.15) is 0 Å². The van der Waals surface area contributed by atoms with E-state index in [1.54, 1.807) is 11.6 Å². The Morgan fingerprint density at radius 1 is 1.50 bits per heavy atom. The third-order valence-corrected chi connectivity index (χ3v) is 2.93. The number of nitro groups is 1. The molecule has 0 aromatic carbocycles. The molecule has 0 radical (unpaired) electrons. The van der Waals surface area contributed by atoms with E-state index in [9.17, 15) is 10.1 Å². The summed E-state index contributed by atoms with van der Waals surface area (Å²) in [6, 6.07) is 0. The Hall–Kier alpha value is -1.63. The third-order valence-electron chi connectivity index (χ3n) is 2.93. The number of hydrogen-bond acceptors (Lipinski definition) is 5. The predicted molar refractivity (Wildman–Crippen MR) is 70.8 cm³/mol. The van der Waals surface area contributed by atoms with Crippen LogP contribution in [0.15, 0.2) is 6.33 Å². The molecule has 0 aliphatic carbocycles. The van der Waals surface area contributed by atoms with Crippen molar-refractivity contribution in [1.29, 1.82) is 0 Å². The Bertz CT molecular complexity index is 387. The molecule has 102 valence electrons. The first-order chi connectivity index (χ1) is 8.60. The molecule has 1 heterocycles. The Morgan fingerprint density at radius 2 is 2.17 bits per heavy atom. The van der Waals surface area contributed by atoms with Crippen LogP contribution >= 0.6 is 0 Å². The van der Waals surface area contributed by atoms with E-state index in [1.165, 1.54) is 6.33 Å². The van der Waals surface area contributed by atoms with Gasteiger partial charge < -0.3 is 20.3 Å². The summed E-state index contributed by atoms with van der Waals surface area (Å²) >= 11 is 0. The molecule has 0 spiro atoms. The minimum atomic E-state index is -0.466. The fourth-order valence-corrected chi connectivity index (χ4v) is 1.80. The average Bonchev–Trinajstić information content (AvgIpc) is 2.71. The summed E-state index contributed by atoms with van der Waals surface area (Å²) in [4.78, 5) is 16.4. The highest BCUT2D eigenvalue weighted by molar-refractivity contribution is 5.51. The number of imidazole rings is 1. The van der Waals surface area contributed by atoms with Crippen LogP contribution in [0.2, 0.25) is 0 Å². The van der Waals surface area contributed by atoms with Crippen molar-refractivity contribution < 1.29 is 4.92 Å². The SMILES string of the molecule is CCN(CC)CCCNc1c([N+](=O)[O-])ncn1C. The second-order valence-corrected chi connectivity index (χ2v) is 4.09. The van der Waals surface area contributed by atoms with Gasteiger partial charge in [-0.25, -0.2) is 0 Å². The topological polar surface area (TPSA) is 76.2 Å². The van der Waals surface area contributed by atoms with Gasteiger partial charge in [-0.15, -0.1) is 0 Å². The number of hydrogen-bond donors (Lipinski definition) is 1. The molecule has 0 amide bonds. The summed E-state index contributed by atoms with van der Waals surface area (Å²) in [6.07, 6.45) is 2.40. The highest BCUT2D eigenvalue weighted by atomic mass is 16.6. The molecule has 0 saturated heterocycles. The molecule has 1 rings (SSSR count). The second kappa shape index (κ2) is 6.95. The molecule has 0 fully saturated rings. The molecule has 0 aliphatic heterocycles. The molecule has 7 nitrogen and oxygen atoms in total. The summed E-state index contributed by atoms with van der Waals surface area (Å²) < 4.78 is 1.63. The van der Waals surface area contributed by atoms with Crippen LogP contribution in [0, 0.1) is 10.1 Å². The van der Waals surface area contributed by atoms with Gasteiger partial charge in [0, 0.05) is 13.6 Å². The van der Waals surface area contributed by atoms with Gasteiger partial charge in [0.1, 0.15) is 0 Å². The van der Waals surface area contributed by atoms with Gasteiger partial charge in [-0.3, -0.25) is 4.57 Å². The zero-order valence-electron chi connectivity index (χ0n) is 11.2. The van der Waals surface area contributed by atoms with Gasteiger partial charge in [-0.05, 0) is 36.0 Å². The maximum absolute atomic E-state index is 10.8. The van der Waals surface area contributed by atoms with Gasteiger partial charge in [0.15, 0.2) is 0 Å². The lowest BCUT2D eigenvalue weighted by Crippen LogP contribution is -2.25. The van der Waals surface area contributed by atoms with E-state index in [0.717, 1.165) is 26.1 Å². The molecule has 0 unspecified atom stereocenters. The minimum Gasteiger partial charge on any atom is -0.364 e. The zero-order chi connectivity index (χ0) is 13.5. The van der Waals surface area contributed by atoms with E-state index in [0.29, 0.717) is 12.4 Å². The number of aryl methyl sites for hydroxylation is 1. The first-order valence-corrected chi connectivity index (χ1v) is 6.22. The molecule has 0 aliphatic rings. The molecule has 1 aromatic rings. The van der Waals surface area contributed by atoms with Gasteiger partial charge in [-0.1, -0.05) is 13.8 Å². The van der Waals surface area contributed by atoms with Crippen molar-refractivity contribution in [2.45, 2.75) is 20.3 Å². The summed E-state index contributed by atoms with van der Waals surface area (Å²) in [5.74, 6) is 0.361. The standard InChI is InChI=1S/C11H21N5O2/c1-4-15(5-2)8-6-7-12-10-11(16(17)18)13-9-14(10)3/h9,12H,4-8H2,1-3H3. The van der Waals surface area contributed by atoms with E-state index in [2.05, 4.69) is 29.0 Å². The van der Waals surface area contributed by atoms with Crippen molar-refractivity contribution in [3.05, 3.63) is 16.4 Å². The molecule has 1 aromatic heterocycles. The molecular weight excluding hydrogens is 234 g/mol. The van der Waals surface area contributed by atoms with Crippen LogP contribution in [0.1, 0.15) is 20.3 Å². The number of nitrogens with one attached hydrogen (secondary N) is 1. The lowest BCUT2D eigenvalue weighted by molar-refractivity contribution is -0.388. The van der Waals surface area contributed by atoms with E-state index in [-0.39, 0.29) is 5.82 Å². The van der Waals surface area contributed by atoms with Crippen molar-refractivity contribution in [2.75, 3.05) is 31.5 Å². The van der Waals surface area contributed by atoms with Crippen LogP contribution in [0.5, 0.6) is 0 Å².